The highest BCUT2D eigenvalue weighted by Gasteiger charge is 2.12. The van der Waals surface area contributed by atoms with E-state index in [0.717, 1.165) is 0 Å². The lowest BCUT2D eigenvalue weighted by Gasteiger charge is -2.18. The van der Waals surface area contributed by atoms with Crippen LogP contribution in [0.4, 0.5) is 0 Å². The zero-order chi connectivity index (χ0) is 11.2. The Bertz CT molecular complexity index is 209. The van der Waals surface area contributed by atoms with Gasteiger partial charge in [-0.2, -0.15) is 0 Å². The molecule has 0 bridgehead atoms. The van der Waals surface area contributed by atoms with Crippen LogP contribution in [0.15, 0.2) is 0 Å². The fourth-order valence-electron chi connectivity index (χ4n) is 0.658. The van der Waals surface area contributed by atoms with E-state index in [0.29, 0.717) is 0 Å². The van der Waals surface area contributed by atoms with Crippen LogP contribution in [0.2, 0.25) is 0 Å². The average molecular weight is 202 g/mol. The zero-order valence-electron chi connectivity index (χ0n) is 8.92. The van der Waals surface area contributed by atoms with Crippen LogP contribution in [0, 0.1) is 0 Å². The number of rotatable bonds is 5. The fraction of sp³-hybridized carbons (Fsp3) is 0.778. The van der Waals surface area contributed by atoms with Gasteiger partial charge < -0.3 is 15.8 Å². The summed E-state index contributed by atoms with van der Waals surface area (Å²) in [6, 6.07) is 0. The van der Waals surface area contributed by atoms with E-state index in [9.17, 15) is 9.59 Å². The third-order valence-electron chi connectivity index (χ3n) is 1.33. The van der Waals surface area contributed by atoms with Crippen molar-refractivity contribution in [1.29, 1.82) is 0 Å². The van der Waals surface area contributed by atoms with E-state index in [-0.39, 0.29) is 31.1 Å². The third kappa shape index (κ3) is 8.99. The summed E-state index contributed by atoms with van der Waals surface area (Å²) >= 11 is 0. The first kappa shape index (κ1) is 12.9. The molecule has 2 amide bonds. The highest BCUT2D eigenvalue weighted by molar-refractivity contribution is 5.78. The second-order valence-electron chi connectivity index (χ2n) is 3.97. The van der Waals surface area contributed by atoms with E-state index in [4.69, 9.17) is 10.5 Å². The van der Waals surface area contributed by atoms with Crippen molar-refractivity contribution in [3.63, 3.8) is 0 Å². The minimum absolute atomic E-state index is 0.00224. The maximum atomic E-state index is 11.1. The van der Waals surface area contributed by atoms with E-state index >= 15 is 0 Å². The van der Waals surface area contributed by atoms with Crippen molar-refractivity contribution in [3.05, 3.63) is 0 Å². The Morgan fingerprint density at radius 1 is 1.36 bits per heavy atom. The molecule has 0 spiro atoms. The predicted molar refractivity (Wildman–Crippen MR) is 52.5 cm³/mol. The lowest BCUT2D eigenvalue weighted by Crippen LogP contribution is -2.33. The van der Waals surface area contributed by atoms with Crippen LogP contribution < -0.4 is 11.1 Å². The van der Waals surface area contributed by atoms with Crippen LogP contribution in [0.25, 0.3) is 0 Å². The van der Waals surface area contributed by atoms with Gasteiger partial charge in [0.1, 0.15) is 6.61 Å². The molecule has 0 aliphatic rings. The summed E-state index contributed by atoms with van der Waals surface area (Å²) in [5, 5.41) is 2.52. The van der Waals surface area contributed by atoms with Crippen molar-refractivity contribution in [2.45, 2.75) is 32.8 Å². The average Bonchev–Trinajstić information content (AvgIpc) is 1.99. The Morgan fingerprint density at radius 3 is 2.36 bits per heavy atom. The molecule has 0 aromatic rings. The second-order valence-corrected chi connectivity index (χ2v) is 3.97. The topological polar surface area (TPSA) is 81.4 Å². The summed E-state index contributed by atoms with van der Waals surface area (Å²) in [7, 11) is 0. The Labute approximate surface area is 84.0 Å². The van der Waals surface area contributed by atoms with E-state index < -0.39 is 5.91 Å². The first-order valence-electron chi connectivity index (χ1n) is 4.50. The van der Waals surface area contributed by atoms with Crippen LogP contribution in [-0.4, -0.2) is 30.6 Å². The number of amides is 2. The van der Waals surface area contributed by atoms with Gasteiger partial charge >= 0.3 is 0 Å². The molecular weight excluding hydrogens is 184 g/mol. The molecule has 0 aliphatic carbocycles. The summed E-state index contributed by atoms with van der Waals surface area (Å²) in [4.78, 5) is 21.4. The van der Waals surface area contributed by atoms with E-state index in [2.05, 4.69) is 5.32 Å². The fourth-order valence-corrected chi connectivity index (χ4v) is 0.658. The molecule has 5 heteroatoms. The molecule has 82 valence electrons. The molecule has 0 aromatic heterocycles. The monoisotopic (exact) mass is 202 g/mol. The van der Waals surface area contributed by atoms with Crippen LogP contribution in [0.1, 0.15) is 27.2 Å². The van der Waals surface area contributed by atoms with Crippen molar-refractivity contribution in [3.8, 4) is 0 Å². The van der Waals surface area contributed by atoms with Gasteiger partial charge in [-0.25, -0.2) is 0 Å². The van der Waals surface area contributed by atoms with Crippen molar-refractivity contribution in [2.24, 2.45) is 5.73 Å². The van der Waals surface area contributed by atoms with Crippen LogP contribution in [0.5, 0.6) is 0 Å². The van der Waals surface area contributed by atoms with Gasteiger partial charge in [-0.05, 0) is 20.8 Å². The first-order chi connectivity index (χ1) is 6.31. The normalized spacial score (nSPS) is 11.1. The van der Waals surface area contributed by atoms with Gasteiger partial charge in [-0.3, -0.25) is 9.59 Å². The quantitative estimate of drug-likeness (QED) is 0.647. The van der Waals surface area contributed by atoms with Gasteiger partial charge in [0.25, 0.3) is 0 Å². The van der Waals surface area contributed by atoms with E-state index in [1.54, 1.807) is 0 Å². The molecule has 5 nitrogen and oxygen atoms in total. The first-order valence-corrected chi connectivity index (χ1v) is 4.50. The number of carbonyl (C=O) groups excluding carboxylic acids is 2. The maximum absolute atomic E-state index is 11.1. The van der Waals surface area contributed by atoms with Crippen molar-refractivity contribution in [1.82, 2.24) is 5.32 Å². The number of primary amides is 1. The van der Waals surface area contributed by atoms with Gasteiger partial charge in [-0.1, -0.05) is 0 Å². The zero-order valence-corrected chi connectivity index (χ0v) is 8.92. The summed E-state index contributed by atoms with van der Waals surface area (Å²) in [6.07, 6.45) is 0.154. The summed E-state index contributed by atoms with van der Waals surface area (Å²) < 4.78 is 5.22. The van der Waals surface area contributed by atoms with Crippen molar-refractivity contribution < 1.29 is 14.3 Å². The number of hydrogen-bond donors (Lipinski definition) is 2. The molecule has 0 saturated carbocycles. The van der Waals surface area contributed by atoms with Gasteiger partial charge in [-0.15, -0.1) is 0 Å². The maximum Gasteiger partial charge on any atom is 0.246 e. The molecule has 0 rings (SSSR count). The second kappa shape index (κ2) is 5.59. The van der Waals surface area contributed by atoms with Crippen LogP contribution in [0.3, 0.4) is 0 Å². The molecule has 0 saturated heterocycles. The number of ether oxygens (including phenoxy) is 1. The smallest absolute Gasteiger partial charge is 0.246 e. The summed E-state index contributed by atoms with van der Waals surface area (Å²) in [6.45, 7) is 5.86. The predicted octanol–water partition coefficient (Wildman–Crippen LogP) is -0.207. The molecule has 14 heavy (non-hydrogen) atoms. The van der Waals surface area contributed by atoms with Gasteiger partial charge in [0.05, 0.1) is 5.60 Å². The number of nitrogens with two attached hydrogens (primary N) is 1. The van der Waals surface area contributed by atoms with E-state index in [1.807, 2.05) is 20.8 Å². The SMILES string of the molecule is CC(C)(C)OCC(=O)NCCC(N)=O. The molecule has 0 unspecified atom stereocenters. The van der Waals surface area contributed by atoms with Crippen LogP contribution in [-0.2, 0) is 14.3 Å². The highest BCUT2D eigenvalue weighted by atomic mass is 16.5. The molecule has 0 aromatic carbocycles. The van der Waals surface area contributed by atoms with Gasteiger partial charge in [0.15, 0.2) is 0 Å². The molecule has 0 atom stereocenters. The van der Waals surface area contributed by atoms with Crippen LogP contribution >= 0.6 is 0 Å². The third-order valence-corrected chi connectivity index (χ3v) is 1.33. The van der Waals surface area contributed by atoms with Gasteiger partial charge in [0, 0.05) is 13.0 Å². The Morgan fingerprint density at radius 2 is 1.93 bits per heavy atom. The number of carbonyl (C=O) groups is 2. The standard InChI is InChI=1S/C9H18N2O3/c1-9(2,3)14-6-8(13)11-5-4-7(10)12/h4-6H2,1-3H3,(H2,10,12)(H,11,13). The largest absolute Gasteiger partial charge is 0.370 e. The molecule has 0 radical (unpaired) electrons. The number of nitrogens with one attached hydrogen (secondary N) is 1. The lowest BCUT2D eigenvalue weighted by atomic mass is 10.2. The minimum Gasteiger partial charge on any atom is -0.370 e. The Kier molecular flexibility index (Phi) is 5.15. The van der Waals surface area contributed by atoms with E-state index in [1.165, 1.54) is 0 Å². The van der Waals surface area contributed by atoms with Crippen molar-refractivity contribution >= 4 is 11.8 Å². The minimum atomic E-state index is -0.429. The Balaban J connectivity index is 3.52. The highest BCUT2D eigenvalue weighted by Crippen LogP contribution is 2.05. The molecular formula is C9H18N2O3. The summed E-state index contributed by atoms with van der Waals surface area (Å²) in [5.41, 5.74) is 4.57. The molecule has 3 N–H and O–H groups in total. The molecule has 0 aliphatic heterocycles. The molecule has 0 heterocycles. The number of hydrogen-bond acceptors (Lipinski definition) is 3. The summed E-state index contributed by atoms with van der Waals surface area (Å²) in [5.74, 6) is -0.664. The van der Waals surface area contributed by atoms with Crippen molar-refractivity contribution in [2.75, 3.05) is 13.2 Å². The Hall–Kier alpha value is -1.10. The van der Waals surface area contributed by atoms with Gasteiger partial charge in [0.2, 0.25) is 11.8 Å². The lowest BCUT2D eigenvalue weighted by molar-refractivity contribution is -0.130. The molecule has 0 fully saturated rings.